The third-order valence-electron chi connectivity index (χ3n) is 2.79. The topological polar surface area (TPSA) is 12.5 Å². The summed E-state index contributed by atoms with van der Waals surface area (Å²) in [5.74, 6) is 0. The fraction of sp³-hybridized carbons (Fsp3) is 1.00. The van der Waals surface area contributed by atoms with E-state index in [2.05, 4.69) is 25.8 Å². The minimum absolute atomic E-state index is 0.387. The van der Waals surface area contributed by atoms with Gasteiger partial charge in [0.25, 0.3) is 0 Å². The first kappa shape index (κ1) is 6.62. The van der Waals surface area contributed by atoms with Crippen molar-refractivity contribution in [3.05, 3.63) is 0 Å². The Morgan fingerprint density at radius 2 is 2.20 bits per heavy atom. The molecule has 2 rings (SSSR count). The van der Waals surface area contributed by atoms with Gasteiger partial charge in [0.2, 0.25) is 0 Å². The van der Waals surface area contributed by atoms with E-state index in [-0.39, 0.29) is 0 Å². The van der Waals surface area contributed by atoms with E-state index in [1.54, 1.807) is 0 Å². The fourth-order valence-corrected chi connectivity index (χ4v) is 2.23. The monoisotopic (exact) mass is 141 g/mol. The molecule has 0 aromatic carbocycles. The van der Waals surface area contributed by atoms with Crippen molar-refractivity contribution in [2.75, 3.05) is 20.2 Å². The molecule has 58 valence electrons. The van der Waals surface area contributed by atoms with Crippen LogP contribution in [0.5, 0.6) is 0 Å². The maximum absolute atomic E-state index is 5.50. The molecule has 2 nitrogen and oxygen atoms in total. The molecule has 2 heterocycles. The molecule has 0 amide bonds. The van der Waals surface area contributed by atoms with Crippen molar-refractivity contribution in [3.8, 4) is 0 Å². The van der Waals surface area contributed by atoms with Gasteiger partial charge in [-0.05, 0) is 7.05 Å². The number of likely N-dealkylation sites (tertiary alicyclic amines) is 1. The lowest BCUT2D eigenvalue weighted by Crippen LogP contribution is -2.50. The van der Waals surface area contributed by atoms with E-state index in [1.807, 2.05) is 0 Å². The third-order valence-corrected chi connectivity index (χ3v) is 2.79. The van der Waals surface area contributed by atoms with Crippen LogP contribution in [0.4, 0.5) is 0 Å². The number of hydrogen-bond donors (Lipinski definition) is 0. The minimum atomic E-state index is 0.387. The van der Waals surface area contributed by atoms with E-state index >= 15 is 0 Å². The molecule has 0 saturated carbocycles. The lowest BCUT2D eigenvalue weighted by Gasteiger charge is -2.38. The summed E-state index contributed by atoms with van der Waals surface area (Å²) in [6, 6.07) is 0.718. The normalized spacial score (nSPS) is 44.7. The number of hydrogen-bond acceptors (Lipinski definition) is 2. The Morgan fingerprint density at radius 3 is 2.40 bits per heavy atom. The molecule has 2 fully saturated rings. The highest BCUT2D eigenvalue weighted by atomic mass is 16.5. The molecule has 10 heavy (non-hydrogen) atoms. The van der Waals surface area contributed by atoms with Gasteiger partial charge in [0.05, 0.1) is 18.8 Å². The van der Waals surface area contributed by atoms with Crippen LogP contribution in [0, 0.1) is 5.41 Å². The maximum Gasteiger partial charge on any atom is 0.0816 e. The summed E-state index contributed by atoms with van der Waals surface area (Å²) >= 11 is 0. The van der Waals surface area contributed by atoms with E-state index in [1.165, 1.54) is 6.54 Å². The average molecular weight is 141 g/mol. The van der Waals surface area contributed by atoms with Gasteiger partial charge in [-0.1, -0.05) is 13.8 Å². The smallest absolute Gasteiger partial charge is 0.0816 e. The van der Waals surface area contributed by atoms with Crippen LogP contribution in [0.3, 0.4) is 0 Å². The highest BCUT2D eigenvalue weighted by molar-refractivity contribution is 5.03. The molecule has 0 aromatic rings. The van der Waals surface area contributed by atoms with Gasteiger partial charge in [0, 0.05) is 12.0 Å². The van der Waals surface area contributed by atoms with Crippen LogP contribution in [-0.2, 0) is 4.74 Å². The van der Waals surface area contributed by atoms with Gasteiger partial charge in [-0.25, -0.2) is 0 Å². The zero-order chi connectivity index (χ0) is 7.35. The Bertz CT molecular complexity index is 155. The average Bonchev–Trinajstić information content (AvgIpc) is 1.66. The Labute approximate surface area is 62.2 Å². The summed E-state index contributed by atoms with van der Waals surface area (Å²) in [4.78, 5) is 2.41. The molecule has 0 spiro atoms. The van der Waals surface area contributed by atoms with E-state index in [0.717, 1.165) is 12.6 Å². The molecule has 2 saturated heterocycles. The Kier molecular flexibility index (Phi) is 1.15. The molecule has 0 aromatic heterocycles. The number of ether oxygens (including phenoxy) is 1. The quantitative estimate of drug-likeness (QED) is 0.493. The minimum Gasteiger partial charge on any atom is -0.374 e. The molecule has 0 bridgehead atoms. The number of likely N-dealkylation sites (N-methyl/N-ethyl adjacent to an activating group) is 1. The van der Waals surface area contributed by atoms with Gasteiger partial charge in [0.15, 0.2) is 0 Å². The second-order valence-corrected chi connectivity index (χ2v) is 4.22. The first-order valence-corrected chi connectivity index (χ1v) is 3.93. The second kappa shape index (κ2) is 1.74. The first-order valence-electron chi connectivity index (χ1n) is 3.93. The van der Waals surface area contributed by atoms with Crippen LogP contribution in [0.2, 0.25) is 0 Å². The van der Waals surface area contributed by atoms with Crippen LogP contribution < -0.4 is 0 Å². The van der Waals surface area contributed by atoms with Crippen molar-refractivity contribution in [2.45, 2.75) is 26.0 Å². The molecule has 2 heteroatoms. The maximum atomic E-state index is 5.50. The van der Waals surface area contributed by atoms with Crippen molar-refractivity contribution in [2.24, 2.45) is 5.41 Å². The molecule has 0 aliphatic carbocycles. The van der Waals surface area contributed by atoms with Crippen molar-refractivity contribution >= 4 is 0 Å². The van der Waals surface area contributed by atoms with Gasteiger partial charge in [-0.2, -0.15) is 0 Å². The molecular formula is C8H15NO. The van der Waals surface area contributed by atoms with Crippen LogP contribution >= 0.6 is 0 Å². The summed E-state index contributed by atoms with van der Waals surface area (Å²) in [6.45, 7) is 6.70. The highest BCUT2D eigenvalue weighted by Gasteiger charge is 2.51. The Morgan fingerprint density at radius 1 is 1.50 bits per heavy atom. The largest absolute Gasteiger partial charge is 0.374 e. The summed E-state index contributed by atoms with van der Waals surface area (Å²) in [5, 5.41) is 0. The lowest BCUT2D eigenvalue weighted by atomic mass is 9.85. The molecule has 2 aliphatic heterocycles. The predicted molar refractivity (Wildman–Crippen MR) is 39.9 cm³/mol. The van der Waals surface area contributed by atoms with Gasteiger partial charge in [0.1, 0.15) is 0 Å². The molecule has 2 aliphatic rings. The summed E-state index contributed by atoms with van der Waals surface area (Å²) in [6.07, 6.45) is 0.512. The van der Waals surface area contributed by atoms with E-state index in [9.17, 15) is 0 Å². The molecule has 0 radical (unpaired) electrons. The SMILES string of the molecule is CN1CC(C)(C)[C@@H]2OC[C@@H]21. The number of rotatable bonds is 0. The third kappa shape index (κ3) is 0.663. The first-order chi connectivity index (χ1) is 4.61. The number of fused-ring (bicyclic) bond motifs is 1. The lowest BCUT2D eigenvalue weighted by molar-refractivity contribution is -0.121. The second-order valence-electron chi connectivity index (χ2n) is 4.22. The Hall–Kier alpha value is -0.0800. The van der Waals surface area contributed by atoms with Crippen LogP contribution in [-0.4, -0.2) is 37.2 Å². The van der Waals surface area contributed by atoms with Crippen LogP contribution in [0.25, 0.3) is 0 Å². The molecule has 0 N–H and O–H groups in total. The van der Waals surface area contributed by atoms with Gasteiger partial charge in [-0.3, -0.25) is 4.90 Å². The highest BCUT2D eigenvalue weighted by Crippen LogP contribution is 2.41. The standard InChI is InChI=1S/C8H15NO/c1-8(2)5-9(3)6-4-10-7(6)8/h6-7H,4-5H2,1-3H3/t6-,7+/m0/s1. The fourth-order valence-electron chi connectivity index (χ4n) is 2.23. The summed E-state index contributed by atoms with van der Waals surface area (Å²) < 4.78 is 5.50. The summed E-state index contributed by atoms with van der Waals surface area (Å²) in [5.41, 5.74) is 0.387. The van der Waals surface area contributed by atoms with Gasteiger partial charge < -0.3 is 4.74 Å². The van der Waals surface area contributed by atoms with E-state index in [0.29, 0.717) is 11.5 Å². The van der Waals surface area contributed by atoms with E-state index < -0.39 is 0 Å². The Balaban J connectivity index is 2.17. The van der Waals surface area contributed by atoms with Gasteiger partial charge in [-0.15, -0.1) is 0 Å². The predicted octanol–water partition coefficient (Wildman–Crippen LogP) is 0.725. The van der Waals surface area contributed by atoms with E-state index in [4.69, 9.17) is 4.74 Å². The molecular weight excluding hydrogens is 126 g/mol. The van der Waals surface area contributed by atoms with Crippen molar-refractivity contribution < 1.29 is 4.74 Å². The van der Waals surface area contributed by atoms with Crippen LogP contribution in [0.1, 0.15) is 13.8 Å². The zero-order valence-electron chi connectivity index (χ0n) is 6.92. The zero-order valence-corrected chi connectivity index (χ0v) is 6.92. The van der Waals surface area contributed by atoms with Crippen LogP contribution in [0.15, 0.2) is 0 Å². The van der Waals surface area contributed by atoms with Crippen molar-refractivity contribution in [1.29, 1.82) is 0 Å². The number of nitrogens with zero attached hydrogens (tertiary/aromatic N) is 1. The van der Waals surface area contributed by atoms with Gasteiger partial charge >= 0.3 is 0 Å². The molecule has 0 unspecified atom stereocenters. The molecule has 2 atom stereocenters. The van der Waals surface area contributed by atoms with Crippen molar-refractivity contribution in [1.82, 2.24) is 4.90 Å². The summed E-state index contributed by atoms with van der Waals surface area (Å²) in [7, 11) is 2.19. The van der Waals surface area contributed by atoms with Crippen molar-refractivity contribution in [3.63, 3.8) is 0 Å².